The Balaban J connectivity index is 1.68. The Morgan fingerprint density at radius 1 is 1.14 bits per heavy atom. The van der Waals surface area contributed by atoms with Gasteiger partial charge in [0.2, 0.25) is 0 Å². The Bertz CT molecular complexity index is 656. The van der Waals surface area contributed by atoms with Gasteiger partial charge in [0.05, 0.1) is 0 Å². The number of morpholine rings is 1. The number of amides is 1. The number of hydrogen-bond donors (Lipinski definition) is 2. The number of hydrogen-bond acceptors (Lipinski definition) is 2. The minimum Gasteiger partial charge on any atom is -0.364 e. The molecular weight excluding hydrogens is 276 g/mol. The first-order valence-electron chi connectivity index (χ1n) is 7.88. The molecule has 2 aromatic carbocycles. The fourth-order valence-corrected chi connectivity index (χ4v) is 3.29. The van der Waals surface area contributed by atoms with Crippen LogP contribution in [0.5, 0.6) is 0 Å². The molecule has 116 valence electrons. The normalized spacial score (nSPS) is 25.1. The van der Waals surface area contributed by atoms with Gasteiger partial charge < -0.3 is 15.0 Å². The van der Waals surface area contributed by atoms with Crippen LogP contribution in [-0.4, -0.2) is 37.7 Å². The van der Waals surface area contributed by atoms with E-state index in [1.165, 1.54) is 4.90 Å². The van der Waals surface area contributed by atoms with Crippen LogP contribution in [0.2, 0.25) is 0 Å². The van der Waals surface area contributed by atoms with Crippen molar-refractivity contribution < 1.29 is 14.4 Å². The van der Waals surface area contributed by atoms with E-state index in [1.807, 2.05) is 30.3 Å². The molecule has 0 radical (unpaired) electrons. The molecule has 0 aromatic heterocycles. The summed E-state index contributed by atoms with van der Waals surface area (Å²) in [7, 11) is 0. The molecule has 0 spiro atoms. The molecular formula is C18H23N2O2+. The standard InChI is InChI=1S/C18H22N2O2/c1-13-10-20(11-14(2)22-13)12-18(21)19-17-9-5-7-15-6-3-4-8-16(15)17/h3-9,13-14H,10-12H2,1-2H3,(H,19,21)/p+1/t13-,14-/m1/s1. The number of rotatable bonds is 3. The largest absolute Gasteiger partial charge is 0.364 e. The van der Waals surface area contributed by atoms with Crippen LogP contribution in [0.3, 0.4) is 0 Å². The number of carbonyl (C=O) groups excluding carboxylic acids is 1. The molecule has 2 atom stereocenters. The van der Waals surface area contributed by atoms with E-state index in [4.69, 9.17) is 4.74 Å². The maximum Gasteiger partial charge on any atom is 0.279 e. The zero-order valence-electron chi connectivity index (χ0n) is 13.1. The van der Waals surface area contributed by atoms with Crippen LogP contribution >= 0.6 is 0 Å². The number of quaternary nitrogens is 1. The molecule has 0 aliphatic carbocycles. The summed E-state index contributed by atoms with van der Waals surface area (Å²) in [6, 6.07) is 14.1. The van der Waals surface area contributed by atoms with Gasteiger partial charge in [-0.3, -0.25) is 4.79 Å². The Morgan fingerprint density at radius 2 is 1.82 bits per heavy atom. The van der Waals surface area contributed by atoms with Gasteiger partial charge in [0.15, 0.2) is 6.54 Å². The summed E-state index contributed by atoms with van der Waals surface area (Å²) in [5, 5.41) is 5.28. The molecule has 1 fully saturated rings. The van der Waals surface area contributed by atoms with E-state index in [2.05, 4.69) is 31.3 Å². The number of fused-ring (bicyclic) bond motifs is 1. The van der Waals surface area contributed by atoms with Gasteiger partial charge in [-0.1, -0.05) is 36.4 Å². The van der Waals surface area contributed by atoms with E-state index in [0.29, 0.717) is 6.54 Å². The quantitative estimate of drug-likeness (QED) is 0.901. The summed E-state index contributed by atoms with van der Waals surface area (Å²) in [5.74, 6) is 0.0626. The third kappa shape index (κ3) is 3.46. The van der Waals surface area contributed by atoms with E-state index in [0.717, 1.165) is 29.5 Å². The second-order valence-corrected chi connectivity index (χ2v) is 6.17. The van der Waals surface area contributed by atoms with Crippen molar-refractivity contribution in [2.45, 2.75) is 26.1 Å². The van der Waals surface area contributed by atoms with Crippen molar-refractivity contribution in [1.82, 2.24) is 0 Å². The second kappa shape index (κ2) is 6.46. The van der Waals surface area contributed by atoms with E-state index in [-0.39, 0.29) is 18.1 Å². The first kappa shape index (κ1) is 15.0. The van der Waals surface area contributed by atoms with Crippen LogP contribution in [-0.2, 0) is 9.53 Å². The third-order valence-electron chi connectivity index (χ3n) is 4.09. The Hall–Kier alpha value is -1.91. The molecule has 1 aliphatic heterocycles. The van der Waals surface area contributed by atoms with E-state index < -0.39 is 0 Å². The molecule has 2 N–H and O–H groups in total. The molecule has 1 heterocycles. The van der Waals surface area contributed by atoms with Crippen molar-refractivity contribution in [2.24, 2.45) is 0 Å². The van der Waals surface area contributed by atoms with Gasteiger partial charge in [-0.2, -0.15) is 0 Å². The lowest BCUT2D eigenvalue weighted by molar-refractivity contribution is -0.907. The highest BCUT2D eigenvalue weighted by Crippen LogP contribution is 2.22. The van der Waals surface area contributed by atoms with Crippen LogP contribution < -0.4 is 10.2 Å². The van der Waals surface area contributed by atoms with E-state index in [1.54, 1.807) is 0 Å². The lowest BCUT2D eigenvalue weighted by Crippen LogP contribution is -3.16. The molecule has 2 aromatic rings. The van der Waals surface area contributed by atoms with Crippen molar-refractivity contribution in [3.63, 3.8) is 0 Å². The highest BCUT2D eigenvalue weighted by molar-refractivity contribution is 6.02. The van der Waals surface area contributed by atoms with Crippen molar-refractivity contribution >= 4 is 22.4 Å². The molecule has 3 rings (SSSR count). The third-order valence-corrected chi connectivity index (χ3v) is 4.09. The highest BCUT2D eigenvalue weighted by Gasteiger charge is 2.27. The van der Waals surface area contributed by atoms with Crippen LogP contribution in [0.15, 0.2) is 42.5 Å². The van der Waals surface area contributed by atoms with Gasteiger partial charge in [0, 0.05) is 11.1 Å². The fourth-order valence-electron chi connectivity index (χ4n) is 3.29. The maximum absolute atomic E-state index is 12.4. The van der Waals surface area contributed by atoms with Crippen LogP contribution in [0.4, 0.5) is 5.69 Å². The predicted octanol–water partition coefficient (Wildman–Crippen LogP) is 1.47. The fraction of sp³-hybridized carbons (Fsp3) is 0.389. The molecule has 1 saturated heterocycles. The molecule has 4 nitrogen and oxygen atoms in total. The zero-order valence-corrected chi connectivity index (χ0v) is 13.1. The molecule has 4 heteroatoms. The number of nitrogens with one attached hydrogen (secondary N) is 2. The molecule has 1 amide bonds. The number of ether oxygens (including phenoxy) is 1. The molecule has 22 heavy (non-hydrogen) atoms. The van der Waals surface area contributed by atoms with Gasteiger partial charge in [-0.25, -0.2) is 0 Å². The van der Waals surface area contributed by atoms with Gasteiger partial charge in [-0.15, -0.1) is 0 Å². The van der Waals surface area contributed by atoms with E-state index in [9.17, 15) is 4.79 Å². The Kier molecular flexibility index (Phi) is 4.41. The van der Waals surface area contributed by atoms with Crippen molar-refractivity contribution in [1.29, 1.82) is 0 Å². The predicted molar refractivity (Wildman–Crippen MR) is 88.2 cm³/mol. The van der Waals surface area contributed by atoms with Crippen molar-refractivity contribution in [3.05, 3.63) is 42.5 Å². The lowest BCUT2D eigenvalue weighted by Gasteiger charge is -2.31. The van der Waals surface area contributed by atoms with Crippen molar-refractivity contribution in [3.8, 4) is 0 Å². The van der Waals surface area contributed by atoms with Gasteiger partial charge in [-0.05, 0) is 25.3 Å². The monoisotopic (exact) mass is 299 g/mol. The number of anilines is 1. The first-order chi connectivity index (χ1) is 10.6. The van der Waals surface area contributed by atoms with Crippen LogP contribution in [0, 0.1) is 0 Å². The summed E-state index contributed by atoms with van der Waals surface area (Å²) in [4.78, 5) is 13.6. The molecule has 0 unspecified atom stereocenters. The van der Waals surface area contributed by atoms with Crippen LogP contribution in [0.25, 0.3) is 10.8 Å². The summed E-state index contributed by atoms with van der Waals surface area (Å²) in [6.45, 7) is 6.39. The molecule has 0 bridgehead atoms. The molecule has 1 aliphatic rings. The minimum atomic E-state index is 0.0626. The van der Waals surface area contributed by atoms with Gasteiger partial charge >= 0.3 is 0 Å². The Morgan fingerprint density at radius 3 is 2.59 bits per heavy atom. The van der Waals surface area contributed by atoms with Gasteiger partial charge in [0.1, 0.15) is 25.3 Å². The average molecular weight is 299 g/mol. The van der Waals surface area contributed by atoms with Gasteiger partial charge in [0.25, 0.3) is 5.91 Å². The van der Waals surface area contributed by atoms with E-state index >= 15 is 0 Å². The first-order valence-corrected chi connectivity index (χ1v) is 7.88. The maximum atomic E-state index is 12.4. The SMILES string of the molecule is C[C@@H]1C[NH+](CC(=O)Nc2cccc3ccccc23)C[C@@H](C)O1. The second-order valence-electron chi connectivity index (χ2n) is 6.17. The summed E-state index contributed by atoms with van der Waals surface area (Å²) < 4.78 is 5.72. The van der Waals surface area contributed by atoms with Crippen molar-refractivity contribution in [2.75, 3.05) is 25.0 Å². The summed E-state index contributed by atoms with van der Waals surface area (Å²) >= 11 is 0. The number of benzene rings is 2. The molecule has 0 saturated carbocycles. The topological polar surface area (TPSA) is 42.8 Å². The summed E-state index contributed by atoms with van der Waals surface area (Å²) in [5.41, 5.74) is 0.886. The zero-order chi connectivity index (χ0) is 15.5. The highest BCUT2D eigenvalue weighted by atomic mass is 16.5. The number of carbonyl (C=O) groups is 1. The smallest absolute Gasteiger partial charge is 0.279 e. The minimum absolute atomic E-state index is 0.0626. The summed E-state index contributed by atoms with van der Waals surface area (Å²) in [6.07, 6.45) is 0.424. The Labute approximate surface area is 131 Å². The van der Waals surface area contributed by atoms with Crippen LogP contribution in [0.1, 0.15) is 13.8 Å². The lowest BCUT2D eigenvalue weighted by atomic mass is 10.1. The average Bonchev–Trinajstić information content (AvgIpc) is 2.46.